The summed E-state index contributed by atoms with van der Waals surface area (Å²) >= 11 is 7.03. The Kier molecular flexibility index (Phi) is 6.18. The van der Waals surface area contributed by atoms with Gasteiger partial charge in [0.05, 0.1) is 24.3 Å². The summed E-state index contributed by atoms with van der Waals surface area (Å²) in [6, 6.07) is 7.10. The molecule has 26 heavy (non-hydrogen) atoms. The number of aliphatic hydroxyl groups excluding tert-OH is 1. The van der Waals surface area contributed by atoms with Crippen LogP contribution in [-0.4, -0.2) is 38.3 Å². The molecule has 0 saturated heterocycles. The molecular weight excluding hydrogens is 376 g/mol. The van der Waals surface area contributed by atoms with Crippen LogP contribution < -0.4 is 10.6 Å². The number of hydrogen-bond donors (Lipinski definition) is 3. The lowest BCUT2D eigenvalue weighted by molar-refractivity contribution is -0.122. The maximum absolute atomic E-state index is 12.1. The van der Waals surface area contributed by atoms with Crippen molar-refractivity contribution in [2.24, 2.45) is 0 Å². The van der Waals surface area contributed by atoms with Gasteiger partial charge in [0.25, 0.3) is 0 Å². The van der Waals surface area contributed by atoms with E-state index >= 15 is 0 Å². The Morgan fingerprint density at radius 1 is 1.27 bits per heavy atom. The lowest BCUT2D eigenvalue weighted by atomic mass is 10.3. The maximum atomic E-state index is 12.1. The molecule has 7 nitrogen and oxygen atoms in total. The standard InChI is InChI=1S/C17H19ClN4O3S/c18-11-1-3-12(4-2-11)21-16(25)10-26-17-19-7-14(9-23)22(17)8-15(24)20-13-5-6-13/h1-4,7,13,23H,5-6,8-10H2,(H,20,24)(H,21,25). The zero-order valence-corrected chi connectivity index (χ0v) is 15.5. The van der Waals surface area contributed by atoms with Crippen LogP contribution in [0.3, 0.4) is 0 Å². The summed E-state index contributed by atoms with van der Waals surface area (Å²) < 4.78 is 1.64. The summed E-state index contributed by atoms with van der Waals surface area (Å²) in [5.74, 6) is -0.179. The van der Waals surface area contributed by atoms with Gasteiger partial charge in [0, 0.05) is 16.8 Å². The Morgan fingerprint density at radius 3 is 2.65 bits per heavy atom. The summed E-state index contributed by atoms with van der Waals surface area (Å²) in [6.45, 7) is -0.144. The molecule has 2 amide bonds. The predicted octanol–water partition coefficient (Wildman–Crippen LogP) is 2.04. The molecule has 0 spiro atoms. The normalized spacial score (nSPS) is 13.5. The van der Waals surface area contributed by atoms with Gasteiger partial charge in [0.2, 0.25) is 11.8 Å². The number of thioether (sulfide) groups is 1. The third-order valence-electron chi connectivity index (χ3n) is 3.77. The van der Waals surface area contributed by atoms with Gasteiger partial charge < -0.3 is 20.3 Å². The number of aromatic nitrogens is 2. The molecule has 0 aliphatic heterocycles. The van der Waals surface area contributed by atoms with Gasteiger partial charge in [-0.3, -0.25) is 9.59 Å². The molecule has 0 bridgehead atoms. The van der Waals surface area contributed by atoms with Gasteiger partial charge in [-0.2, -0.15) is 0 Å². The number of nitrogens with zero attached hydrogens (tertiary/aromatic N) is 2. The van der Waals surface area contributed by atoms with Crippen molar-refractivity contribution in [3.8, 4) is 0 Å². The Labute approximate surface area is 160 Å². The van der Waals surface area contributed by atoms with Crippen LogP contribution >= 0.6 is 23.4 Å². The fourth-order valence-electron chi connectivity index (χ4n) is 2.31. The number of imidazole rings is 1. The Morgan fingerprint density at radius 2 is 2.00 bits per heavy atom. The summed E-state index contributed by atoms with van der Waals surface area (Å²) in [5, 5.41) is 16.2. The topological polar surface area (TPSA) is 96.2 Å². The number of hydrogen-bond acceptors (Lipinski definition) is 5. The molecule has 9 heteroatoms. The van der Waals surface area contributed by atoms with Crippen molar-refractivity contribution in [2.45, 2.75) is 37.2 Å². The largest absolute Gasteiger partial charge is 0.390 e. The van der Waals surface area contributed by atoms with E-state index in [0.717, 1.165) is 12.8 Å². The summed E-state index contributed by atoms with van der Waals surface area (Å²) in [4.78, 5) is 28.4. The zero-order valence-electron chi connectivity index (χ0n) is 13.9. The second-order valence-electron chi connectivity index (χ2n) is 5.96. The number of nitrogens with one attached hydrogen (secondary N) is 2. The second-order valence-corrected chi connectivity index (χ2v) is 7.34. The van der Waals surface area contributed by atoms with Gasteiger partial charge in [-0.05, 0) is 37.1 Å². The third kappa shape index (κ3) is 5.23. The van der Waals surface area contributed by atoms with Crippen molar-refractivity contribution in [3.63, 3.8) is 0 Å². The smallest absolute Gasteiger partial charge is 0.240 e. The first kappa shape index (κ1) is 18.8. The van der Waals surface area contributed by atoms with Crippen molar-refractivity contribution in [1.29, 1.82) is 0 Å². The molecule has 138 valence electrons. The summed E-state index contributed by atoms with van der Waals surface area (Å²) in [5.41, 5.74) is 1.19. The molecule has 1 aliphatic rings. The highest BCUT2D eigenvalue weighted by Crippen LogP contribution is 2.21. The minimum atomic E-state index is -0.221. The number of amides is 2. The Hall–Kier alpha value is -2.03. The van der Waals surface area contributed by atoms with Crippen LogP contribution in [0.1, 0.15) is 18.5 Å². The van der Waals surface area contributed by atoms with Crippen molar-refractivity contribution < 1.29 is 14.7 Å². The fourth-order valence-corrected chi connectivity index (χ4v) is 3.23. The lowest BCUT2D eigenvalue weighted by Crippen LogP contribution is -2.30. The highest BCUT2D eigenvalue weighted by Gasteiger charge is 2.24. The number of anilines is 1. The van der Waals surface area contributed by atoms with Gasteiger partial charge in [0.15, 0.2) is 5.16 Å². The molecule has 1 aromatic heterocycles. The van der Waals surface area contributed by atoms with Crippen molar-refractivity contribution >= 4 is 40.9 Å². The molecule has 1 fully saturated rings. The van der Waals surface area contributed by atoms with Crippen LogP contribution in [-0.2, 0) is 22.7 Å². The highest BCUT2D eigenvalue weighted by molar-refractivity contribution is 7.99. The fraction of sp³-hybridized carbons (Fsp3) is 0.353. The molecular formula is C17H19ClN4O3S. The van der Waals surface area contributed by atoms with Crippen LogP contribution in [0.15, 0.2) is 35.6 Å². The van der Waals surface area contributed by atoms with Crippen LogP contribution in [0.5, 0.6) is 0 Å². The minimum absolute atomic E-state index is 0.0769. The molecule has 0 atom stereocenters. The Bertz CT molecular complexity index is 790. The molecule has 0 radical (unpaired) electrons. The number of benzene rings is 1. The molecule has 2 aromatic rings. The van der Waals surface area contributed by atoms with E-state index in [1.165, 1.54) is 18.0 Å². The van der Waals surface area contributed by atoms with Crippen LogP contribution in [0.4, 0.5) is 5.69 Å². The monoisotopic (exact) mass is 394 g/mol. The highest BCUT2D eigenvalue weighted by atomic mass is 35.5. The number of aliphatic hydroxyl groups is 1. The number of carbonyl (C=O) groups excluding carboxylic acids is 2. The number of carbonyl (C=O) groups is 2. The molecule has 3 N–H and O–H groups in total. The SMILES string of the molecule is O=C(CSc1ncc(CO)n1CC(=O)NC1CC1)Nc1ccc(Cl)cc1. The van der Waals surface area contributed by atoms with E-state index in [-0.39, 0.29) is 36.8 Å². The summed E-state index contributed by atoms with van der Waals surface area (Å²) in [7, 11) is 0. The van der Waals surface area contributed by atoms with Gasteiger partial charge >= 0.3 is 0 Å². The van der Waals surface area contributed by atoms with E-state index in [2.05, 4.69) is 15.6 Å². The van der Waals surface area contributed by atoms with Crippen LogP contribution in [0, 0.1) is 0 Å². The average molecular weight is 395 g/mol. The van der Waals surface area contributed by atoms with Crippen molar-refractivity contribution in [2.75, 3.05) is 11.1 Å². The van der Waals surface area contributed by atoms with E-state index in [4.69, 9.17) is 11.6 Å². The van der Waals surface area contributed by atoms with E-state index in [0.29, 0.717) is 21.6 Å². The van der Waals surface area contributed by atoms with Gasteiger partial charge in [-0.25, -0.2) is 4.98 Å². The molecule has 1 saturated carbocycles. The predicted molar refractivity (Wildman–Crippen MR) is 100 cm³/mol. The van der Waals surface area contributed by atoms with Gasteiger partial charge in [-0.1, -0.05) is 23.4 Å². The van der Waals surface area contributed by atoms with Crippen molar-refractivity contribution in [3.05, 3.63) is 41.2 Å². The zero-order chi connectivity index (χ0) is 18.5. The third-order valence-corrected chi connectivity index (χ3v) is 5.01. The number of rotatable bonds is 8. The van der Waals surface area contributed by atoms with Crippen molar-refractivity contribution in [1.82, 2.24) is 14.9 Å². The maximum Gasteiger partial charge on any atom is 0.240 e. The first-order chi connectivity index (χ1) is 12.5. The quantitative estimate of drug-likeness (QED) is 0.595. The average Bonchev–Trinajstić information content (AvgIpc) is 3.34. The van der Waals surface area contributed by atoms with Gasteiger partial charge in [0.1, 0.15) is 6.54 Å². The van der Waals surface area contributed by atoms with Crippen LogP contribution in [0.25, 0.3) is 0 Å². The first-order valence-corrected chi connectivity index (χ1v) is 9.54. The van der Waals surface area contributed by atoms with E-state index in [1.807, 2.05) is 0 Å². The molecule has 3 rings (SSSR count). The van der Waals surface area contributed by atoms with Gasteiger partial charge in [-0.15, -0.1) is 0 Å². The molecule has 0 unspecified atom stereocenters. The lowest BCUT2D eigenvalue weighted by Gasteiger charge is -2.11. The Balaban J connectivity index is 1.57. The second kappa shape index (κ2) is 8.57. The number of halogens is 1. The van der Waals surface area contributed by atoms with E-state index in [9.17, 15) is 14.7 Å². The van der Waals surface area contributed by atoms with E-state index in [1.54, 1.807) is 28.8 Å². The molecule has 1 aliphatic carbocycles. The molecule has 1 aromatic carbocycles. The van der Waals surface area contributed by atoms with E-state index < -0.39 is 0 Å². The molecule has 1 heterocycles. The summed E-state index contributed by atoms with van der Waals surface area (Å²) in [6.07, 6.45) is 3.54. The first-order valence-electron chi connectivity index (χ1n) is 8.18. The minimum Gasteiger partial charge on any atom is -0.390 e. The van der Waals surface area contributed by atoms with Crippen LogP contribution in [0.2, 0.25) is 5.02 Å².